The zero-order chi connectivity index (χ0) is 10.8. The van der Waals surface area contributed by atoms with Gasteiger partial charge in [-0.2, -0.15) is 0 Å². The molecule has 0 atom stereocenters. The molecule has 0 unspecified atom stereocenters. The first-order valence-electron chi connectivity index (χ1n) is 3.76. The summed E-state index contributed by atoms with van der Waals surface area (Å²) in [7, 11) is 0. The Bertz CT molecular complexity index is 325. The first-order chi connectivity index (χ1) is 6.42. The maximum atomic E-state index is 11.8. The van der Waals surface area contributed by atoms with Crippen LogP contribution in [0.25, 0.3) is 0 Å². The third kappa shape index (κ3) is 2.81. The van der Waals surface area contributed by atoms with Crippen molar-refractivity contribution in [2.45, 2.75) is 12.9 Å². The van der Waals surface area contributed by atoms with E-state index in [-0.39, 0.29) is 12.2 Å². The summed E-state index contributed by atoms with van der Waals surface area (Å²) in [4.78, 5) is 0. The van der Waals surface area contributed by atoms with Gasteiger partial charge in [-0.25, -0.2) is 0 Å². The Balaban J connectivity index is 2.89. The van der Waals surface area contributed by atoms with E-state index in [9.17, 15) is 13.2 Å². The number of anilines is 1. The summed E-state index contributed by atoms with van der Waals surface area (Å²) in [6, 6.07) is 3.92. The molecule has 0 heterocycles. The molecule has 0 saturated carbocycles. The summed E-state index contributed by atoms with van der Waals surface area (Å²) < 4.78 is 39.1. The lowest BCUT2D eigenvalue weighted by molar-refractivity contribution is -0.274. The van der Waals surface area contributed by atoms with Crippen molar-refractivity contribution >= 4 is 5.69 Å². The summed E-state index contributed by atoms with van der Waals surface area (Å²) >= 11 is 0. The van der Waals surface area contributed by atoms with Crippen LogP contribution < -0.4 is 16.2 Å². The van der Waals surface area contributed by atoms with E-state index in [0.29, 0.717) is 5.56 Å². The topological polar surface area (TPSA) is 61.3 Å². The first-order valence-corrected chi connectivity index (χ1v) is 3.76. The molecule has 1 aromatic rings. The van der Waals surface area contributed by atoms with E-state index in [1.807, 2.05) is 0 Å². The molecule has 78 valence electrons. The molecular weight excluding hydrogens is 197 g/mol. The zero-order valence-electron chi connectivity index (χ0n) is 7.14. The third-order valence-corrected chi connectivity index (χ3v) is 1.54. The molecule has 0 aliphatic carbocycles. The Labute approximate surface area is 78.5 Å². The average Bonchev–Trinajstić information content (AvgIpc) is 2.06. The second-order valence-electron chi connectivity index (χ2n) is 2.62. The van der Waals surface area contributed by atoms with Crippen LogP contribution in [0.5, 0.6) is 5.75 Å². The van der Waals surface area contributed by atoms with Crippen molar-refractivity contribution in [2.24, 2.45) is 5.73 Å². The van der Waals surface area contributed by atoms with Gasteiger partial charge < -0.3 is 16.2 Å². The third-order valence-electron chi connectivity index (χ3n) is 1.54. The molecule has 0 aliphatic heterocycles. The van der Waals surface area contributed by atoms with Crippen LogP contribution in [0, 0.1) is 0 Å². The molecule has 0 amide bonds. The van der Waals surface area contributed by atoms with Gasteiger partial charge in [-0.3, -0.25) is 0 Å². The van der Waals surface area contributed by atoms with Gasteiger partial charge in [-0.05, 0) is 17.7 Å². The highest BCUT2D eigenvalue weighted by Crippen LogP contribution is 2.28. The molecule has 1 rings (SSSR count). The lowest BCUT2D eigenvalue weighted by atomic mass is 10.2. The maximum Gasteiger partial charge on any atom is 0.573 e. The van der Waals surface area contributed by atoms with E-state index in [1.54, 1.807) is 0 Å². The minimum Gasteiger partial charge on any atom is -0.404 e. The first kappa shape index (κ1) is 10.6. The fourth-order valence-corrected chi connectivity index (χ4v) is 0.943. The Morgan fingerprint density at radius 1 is 1.29 bits per heavy atom. The van der Waals surface area contributed by atoms with Crippen LogP contribution >= 0.6 is 0 Å². The second-order valence-corrected chi connectivity index (χ2v) is 2.62. The molecule has 0 aromatic heterocycles. The number of ether oxygens (including phenoxy) is 1. The number of hydrogen-bond acceptors (Lipinski definition) is 3. The molecule has 1 aromatic carbocycles. The van der Waals surface area contributed by atoms with Crippen LogP contribution in [0.2, 0.25) is 0 Å². The van der Waals surface area contributed by atoms with Crippen molar-refractivity contribution in [3.05, 3.63) is 23.8 Å². The number of rotatable bonds is 2. The van der Waals surface area contributed by atoms with Crippen molar-refractivity contribution in [1.82, 2.24) is 0 Å². The highest BCUT2D eigenvalue weighted by atomic mass is 19.4. The van der Waals surface area contributed by atoms with Gasteiger partial charge in [-0.15, -0.1) is 13.2 Å². The van der Waals surface area contributed by atoms with E-state index in [1.165, 1.54) is 12.1 Å². The van der Waals surface area contributed by atoms with Crippen LogP contribution in [-0.4, -0.2) is 6.36 Å². The van der Waals surface area contributed by atoms with Gasteiger partial charge in [-0.1, -0.05) is 6.07 Å². The summed E-state index contributed by atoms with van der Waals surface area (Å²) in [6.45, 7) is 0.219. The Hall–Kier alpha value is -1.43. The Morgan fingerprint density at radius 3 is 2.36 bits per heavy atom. The molecule has 0 bridgehead atoms. The number of hydrogen-bond donors (Lipinski definition) is 2. The van der Waals surface area contributed by atoms with E-state index >= 15 is 0 Å². The summed E-state index contributed by atoms with van der Waals surface area (Å²) in [5, 5.41) is 0. The molecule has 0 saturated heterocycles. The average molecular weight is 206 g/mol. The lowest BCUT2D eigenvalue weighted by Crippen LogP contribution is -2.18. The number of alkyl halides is 3. The van der Waals surface area contributed by atoms with Gasteiger partial charge in [0, 0.05) is 6.54 Å². The van der Waals surface area contributed by atoms with Gasteiger partial charge >= 0.3 is 6.36 Å². The zero-order valence-corrected chi connectivity index (χ0v) is 7.14. The van der Waals surface area contributed by atoms with Crippen molar-refractivity contribution < 1.29 is 17.9 Å². The van der Waals surface area contributed by atoms with Crippen LogP contribution in [0.4, 0.5) is 18.9 Å². The second kappa shape index (κ2) is 3.75. The van der Waals surface area contributed by atoms with Crippen LogP contribution in [0.3, 0.4) is 0 Å². The van der Waals surface area contributed by atoms with Crippen molar-refractivity contribution in [2.75, 3.05) is 5.73 Å². The quantitative estimate of drug-likeness (QED) is 0.723. The highest BCUT2D eigenvalue weighted by molar-refractivity contribution is 5.54. The minimum atomic E-state index is -4.72. The number of nitrogen functional groups attached to an aromatic ring is 1. The molecule has 0 spiro atoms. The molecule has 6 heteroatoms. The fourth-order valence-electron chi connectivity index (χ4n) is 0.943. The molecule has 3 nitrogen and oxygen atoms in total. The van der Waals surface area contributed by atoms with Gasteiger partial charge in [0.05, 0.1) is 5.69 Å². The number of nitrogens with two attached hydrogens (primary N) is 2. The van der Waals surface area contributed by atoms with Gasteiger partial charge in [0.25, 0.3) is 0 Å². The monoisotopic (exact) mass is 206 g/mol. The highest BCUT2D eigenvalue weighted by Gasteiger charge is 2.31. The predicted molar refractivity (Wildman–Crippen MR) is 45.4 cm³/mol. The predicted octanol–water partition coefficient (Wildman–Crippen LogP) is 1.63. The van der Waals surface area contributed by atoms with E-state index in [4.69, 9.17) is 11.5 Å². The van der Waals surface area contributed by atoms with E-state index in [2.05, 4.69) is 4.74 Å². The van der Waals surface area contributed by atoms with Crippen molar-refractivity contribution in [1.29, 1.82) is 0 Å². The largest absolute Gasteiger partial charge is 0.573 e. The fraction of sp³-hybridized carbons (Fsp3) is 0.250. The summed E-state index contributed by atoms with van der Waals surface area (Å²) in [5.41, 5.74) is 11.2. The van der Waals surface area contributed by atoms with Gasteiger partial charge in [0.2, 0.25) is 0 Å². The van der Waals surface area contributed by atoms with Crippen LogP contribution in [-0.2, 0) is 6.54 Å². The molecule has 0 radical (unpaired) electrons. The molecule has 0 fully saturated rings. The number of benzene rings is 1. The molecular formula is C8H9F3N2O. The van der Waals surface area contributed by atoms with E-state index in [0.717, 1.165) is 6.07 Å². The van der Waals surface area contributed by atoms with Crippen molar-refractivity contribution in [3.63, 3.8) is 0 Å². The van der Waals surface area contributed by atoms with Crippen LogP contribution in [0.1, 0.15) is 5.56 Å². The summed E-state index contributed by atoms with van der Waals surface area (Å²) in [6.07, 6.45) is -4.72. The standard InChI is InChI=1S/C8H9F3N2O/c9-8(10,11)14-7-2-1-5(4-12)3-6(7)13/h1-3H,4,12-13H2. The van der Waals surface area contributed by atoms with Crippen LogP contribution in [0.15, 0.2) is 18.2 Å². The smallest absolute Gasteiger partial charge is 0.404 e. The van der Waals surface area contributed by atoms with Crippen molar-refractivity contribution in [3.8, 4) is 5.75 Å². The normalized spacial score (nSPS) is 11.4. The van der Waals surface area contributed by atoms with E-state index < -0.39 is 12.1 Å². The molecule has 4 N–H and O–H groups in total. The Kier molecular flexibility index (Phi) is 2.85. The van der Waals surface area contributed by atoms with Gasteiger partial charge in [0.15, 0.2) is 5.75 Å². The molecule has 14 heavy (non-hydrogen) atoms. The SMILES string of the molecule is NCc1ccc(OC(F)(F)F)c(N)c1. The minimum absolute atomic E-state index is 0.0784. The summed E-state index contributed by atoms with van der Waals surface area (Å²) in [5.74, 6) is -0.408. The number of halogens is 3. The molecule has 0 aliphatic rings. The maximum absolute atomic E-state index is 11.8. The van der Waals surface area contributed by atoms with Gasteiger partial charge in [0.1, 0.15) is 0 Å². The lowest BCUT2D eigenvalue weighted by Gasteiger charge is -2.11. The Morgan fingerprint density at radius 2 is 1.93 bits per heavy atom.